The van der Waals surface area contributed by atoms with Crippen LogP contribution in [0.3, 0.4) is 0 Å². The molecule has 0 aromatic carbocycles. The molecule has 0 radical (unpaired) electrons. The van der Waals surface area contributed by atoms with Gasteiger partial charge in [0.2, 0.25) is 0 Å². The quantitative estimate of drug-likeness (QED) is 0.683. The van der Waals surface area contributed by atoms with E-state index in [0.717, 1.165) is 12.5 Å². The molecule has 86 valence electrons. The maximum absolute atomic E-state index is 5.81. The lowest BCUT2D eigenvalue weighted by Crippen LogP contribution is -2.43. The van der Waals surface area contributed by atoms with Crippen molar-refractivity contribution in [3.8, 4) is 0 Å². The van der Waals surface area contributed by atoms with Crippen molar-refractivity contribution in [1.29, 1.82) is 0 Å². The van der Waals surface area contributed by atoms with E-state index in [0.29, 0.717) is 12.0 Å². The second-order valence-electron chi connectivity index (χ2n) is 4.85. The fourth-order valence-electron chi connectivity index (χ4n) is 1.75. The second-order valence-corrected chi connectivity index (χ2v) is 4.85. The molecule has 0 saturated carbocycles. The van der Waals surface area contributed by atoms with Gasteiger partial charge in [0.15, 0.2) is 0 Å². The molecule has 14 heavy (non-hydrogen) atoms. The summed E-state index contributed by atoms with van der Waals surface area (Å²) in [5.41, 5.74) is 5.81. The fraction of sp³-hybridized carbons (Fsp3) is 1.00. The molecule has 0 amide bonds. The summed E-state index contributed by atoms with van der Waals surface area (Å²) in [7, 11) is 2.20. The zero-order chi connectivity index (χ0) is 11.1. The topological polar surface area (TPSA) is 29.3 Å². The zero-order valence-corrected chi connectivity index (χ0v) is 10.6. The normalized spacial score (nSPS) is 16.3. The van der Waals surface area contributed by atoms with E-state index in [1.165, 1.54) is 19.4 Å². The summed E-state index contributed by atoms with van der Waals surface area (Å²) in [5.74, 6) is 1.49. The van der Waals surface area contributed by atoms with Gasteiger partial charge in [0.1, 0.15) is 0 Å². The van der Waals surface area contributed by atoms with Crippen molar-refractivity contribution in [2.75, 3.05) is 20.1 Å². The lowest BCUT2D eigenvalue weighted by molar-refractivity contribution is 0.177. The minimum atomic E-state index is 0.554. The van der Waals surface area contributed by atoms with Crippen LogP contribution in [0, 0.1) is 11.8 Å². The van der Waals surface area contributed by atoms with E-state index in [1.807, 2.05) is 0 Å². The van der Waals surface area contributed by atoms with Crippen molar-refractivity contribution >= 4 is 0 Å². The van der Waals surface area contributed by atoms with Crippen LogP contribution in [-0.2, 0) is 0 Å². The van der Waals surface area contributed by atoms with Gasteiger partial charge in [0, 0.05) is 12.6 Å². The monoisotopic (exact) mass is 200 g/mol. The molecular formula is C12H28N2. The van der Waals surface area contributed by atoms with Crippen LogP contribution in [0.2, 0.25) is 0 Å². The van der Waals surface area contributed by atoms with Gasteiger partial charge in [-0.3, -0.25) is 0 Å². The predicted molar refractivity (Wildman–Crippen MR) is 64.4 cm³/mol. The van der Waals surface area contributed by atoms with Gasteiger partial charge in [-0.2, -0.15) is 0 Å². The van der Waals surface area contributed by atoms with Gasteiger partial charge >= 0.3 is 0 Å². The Kier molecular flexibility index (Phi) is 7.20. The maximum Gasteiger partial charge on any atom is 0.0240 e. The number of nitrogens with two attached hydrogens (primary N) is 1. The van der Waals surface area contributed by atoms with Gasteiger partial charge in [0.25, 0.3) is 0 Å². The van der Waals surface area contributed by atoms with Crippen LogP contribution in [-0.4, -0.2) is 31.1 Å². The molecule has 2 N–H and O–H groups in total. The lowest BCUT2D eigenvalue weighted by atomic mass is 9.97. The molecule has 0 aliphatic rings. The molecule has 2 atom stereocenters. The third-order valence-electron chi connectivity index (χ3n) is 3.17. The van der Waals surface area contributed by atoms with Crippen molar-refractivity contribution in [3.63, 3.8) is 0 Å². The summed E-state index contributed by atoms with van der Waals surface area (Å²) in [5, 5.41) is 0. The Morgan fingerprint density at radius 1 is 1.21 bits per heavy atom. The molecule has 0 heterocycles. The molecular weight excluding hydrogens is 172 g/mol. The first kappa shape index (κ1) is 13.9. The van der Waals surface area contributed by atoms with Crippen LogP contribution < -0.4 is 5.73 Å². The highest BCUT2D eigenvalue weighted by atomic mass is 15.1. The van der Waals surface area contributed by atoms with Gasteiger partial charge in [-0.05, 0) is 31.8 Å². The highest BCUT2D eigenvalue weighted by Gasteiger charge is 2.18. The highest BCUT2D eigenvalue weighted by molar-refractivity contribution is 4.75. The summed E-state index contributed by atoms with van der Waals surface area (Å²) < 4.78 is 0. The predicted octanol–water partition coefficient (Wildman–Crippen LogP) is 2.34. The minimum Gasteiger partial charge on any atom is -0.329 e. The SMILES string of the molecule is CCC(C)C(CN)N(C)CCC(C)C. The molecule has 2 nitrogen and oxygen atoms in total. The first-order valence-electron chi connectivity index (χ1n) is 5.93. The second kappa shape index (κ2) is 7.24. The molecule has 0 aliphatic heterocycles. The number of rotatable bonds is 7. The van der Waals surface area contributed by atoms with E-state index < -0.39 is 0 Å². The van der Waals surface area contributed by atoms with E-state index in [2.05, 4.69) is 39.6 Å². The molecule has 0 aliphatic carbocycles. The Morgan fingerprint density at radius 3 is 2.14 bits per heavy atom. The Morgan fingerprint density at radius 2 is 1.79 bits per heavy atom. The van der Waals surface area contributed by atoms with Crippen LogP contribution in [0.4, 0.5) is 0 Å². The van der Waals surface area contributed by atoms with Crippen LogP contribution in [0.5, 0.6) is 0 Å². The molecule has 0 fully saturated rings. The van der Waals surface area contributed by atoms with Gasteiger partial charge < -0.3 is 10.6 Å². The first-order chi connectivity index (χ1) is 6.52. The summed E-state index contributed by atoms with van der Waals surface area (Å²) in [6.07, 6.45) is 2.48. The van der Waals surface area contributed by atoms with E-state index in [4.69, 9.17) is 5.73 Å². The summed E-state index contributed by atoms with van der Waals surface area (Å²) in [6.45, 7) is 11.0. The number of nitrogens with zero attached hydrogens (tertiary/aromatic N) is 1. The van der Waals surface area contributed by atoms with Gasteiger partial charge in [-0.25, -0.2) is 0 Å². The lowest BCUT2D eigenvalue weighted by Gasteiger charge is -2.31. The third-order valence-corrected chi connectivity index (χ3v) is 3.17. The van der Waals surface area contributed by atoms with Crippen LogP contribution >= 0.6 is 0 Å². The Balaban J connectivity index is 3.97. The average Bonchev–Trinajstić information content (AvgIpc) is 2.15. The Bertz CT molecular complexity index is 134. The Labute approximate surface area is 89.9 Å². The van der Waals surface area contributed by atoms with Gasteiger partial charge in [0.05, 0.1) is 0 Å². The van der Waals surface area contributed by atoms with Crippen LogP contribution in [0.1, 0.15) is 40.5 Å². The van der Waals surface area contributed by atoms with Crippen molar-refractivity contribution < 1.29 is 0 Å². The zero-order valence-electron chi connectivity index (χ0n) is 10.6. The van der Waals surface area contributed by atoms with Crippen molar-refractivity contribution in [3.05, 3.63) is 0 Å². The maximum atomic E-state index is 5.81. The van der Waals surface area contributed by atoms with E-state index in [1.54, 1.807) is 0 Å². The Hall–Kier alpha value is -0.0800. The summed E-state index contributed by atoms with van der Waals surface area (Å²) in [4.78, 5) is 2.42. The molecule has 2 heteroatoms. The average molecular weight is 200 g/mol. The van der Waals surface area contributed by atoms with Crippen LogP contribution in [0.25, 0.3) is 0 Å². The van der Waals surface area contributed by atoms with Crippen molar-refractivity contribution in [2.45, 2.75) is 46.6 Å². The largest absolute Gasteiger partial charge is 0.329 e. The molecule has 0 bridgehead atoms. The van der Waals surface area contributed by atoms with Crippen LogP contribution in [0.15, 0.2) is 0 Å². The summed E-state index contributed by atoms with van der Waals surface area (Å²) in [6, 6.07) is 0.554. The molecule has 2 unspecified atom stereocenters. The van der Waals surface area contributed by atoms with E-state index in [9.17, 15) is 0 Å². The molecule has 0 rings (SSSR count). The number of likely N-dealkylation sites (N-methyl/N-ethyl adjacent to an activating group) is 1. The molecule has 0 aromatic rings. The first-order valence-corrected chi connectivity index (χ1v) is 5.93. The van der Waals surface area contributed by atoms with Crippen molar-refractivity contribution in [2.24, 2.45) is 17.6 Å². The number of hydrogen-bond acceptors (Lipinski definition) is 2. The standard InChI is InChI=1S/C12H28N2/c1-6-11(4)12(9-13)14(5)8-7-10(2)3/h10-12H,6-9,13H2,1-5H3. The van der Waals surface area contributed by atoms with E-state index >= 15 is 0 Å². The smallest absolute Gasteiger partial charge is 0.0240 e. The van der Waals surface area contributed by atoms with Crippen molar-refractivity contribution in [1.82, 2.24) is 4.90 Å². The third kappa shape index (κ3) is 4.97. The fourth-order valence-corrected chi connectivity index (χ4v) is 1.75. The molecule has 0 spiro atoms. The summed E-state index contributed by atoms with van der Waals surface area (Å²) >= 11 is 0. The number of hydrogen-bond donors (Lipinski definition) is 1. The highest BCUT2D eigenvalue weighted by Crippen LogP contribution is 2.13. The van der Waals surface area contributed by atoms with Gasteiger partial charge in [-0.15, -0.1) is 0 Å². The molecule has 0 aromatic heterocycles. The van der Waals surface area contributed by atoms with Gasteiger partial charge in [-0.1, -0.05) is 34.1 Å². The minimum absolute atomic E-state index is 0.554. The molecule has 0 saturated heterocycles. The van der Waals surface area contributed by atoms with E-state index in [-0.39, 0.29) is 0 Å².